The van der Waals surface area contributed by atoms with Gasteiger partial charge < -0.3 is 10.3 Å². The average Bonchev–Trinajstić information content (AvgIpc) is 2.89. The highest BCUT2D eigenvalue weighted by molar-refractivity contribution is 5.48. The molecule has 1 fully saturated rings. The highest BCUT2D eigenvalue weighted by Gasteiger charge is 2.24. The third-order valence-corrected chi connectivity index (χ3v) is 3.42. The van der Waals surface area contributed by atoms with Crippen LogP contribution in [0.1, 0.15) is 39.5 Å². The molecule has 0 unspecified atom stereocenters. The van der Waals surface area contributed by atoms with E-state index in [-0.39, 0.29) is 0 Å². The lowest BCUT2D eigenvalue weighted by atomic mass is 10.1. The topological polar surface area (TPSA) is 67.1 Å². The lowest BCUT2D eigenvalue weighted by Crippen LogP contribution is -2.37. The number of aromatic nitrogens is 2. The molecule has 5 nitrogen and oxygen atoms in total. The van der Waals surface area contributed by atoms with E-state index < -0.39 is 0 Å². The molecule has 1 saturated carbocycles. The van der Waals surface area contributed by atoms with Crippen molar-refractivity contribution in [3.63, 3.8) is 0 Å². The van der Waals surface area contributed by atoms with Crippen molar-refractivity contribution in [2.75, 3.05) is 16.9 Å². The Hall–Kier alpha value is -1.36. The Morgan fingerprint density at radius 1 is 1.39 bits per heavy atom. The monoisotopic (exact) mass is 249 g/mol. The van der Waals surface area contributed by atoms with E-state index >= 15 is 0 Å². The first-order chi connectivity index (χ1) is 8.70. The molecule has 0 amide bonds. The molecule has 1 aliphatic rings. The number of rotatable bonds is 5. The summed E-state index contributed by atoms with van der Waals surface area (Å²) in [7, 11) is 0. The Kier molecular flexibility index (Phi) is 4.36. The van der Waals surface area contributed by atoms with Gasteiger partial charge in [0.25, 0.3) is 0 Å². The Morgan fingerprint density at radius 2 is 2.11 bits per heavy atom. The Labute approximate surface area is 109 Å². The molecule has 0 radical (unpaired) electrons. The molecule has 100 valence electrons. The summed E-state index contributed by atoms with van der Waals surface area (Å²) >= 11 is 0. The minimum Gasteiger partial charge on any atom is -0.353 e. The van der Waals surface area contributed by atoms with Crippen LogP contribution in [-0.4, -0.2) is 22.6 Å². The molecule has 1 aromatic heterocycles. The molecule has 2 rings (SSSR count). The molecule has 0 saturated heterocycles. The number of hydrogen-bond donors (Lipinski definition) is 2. The van der Waals surface area contributed by atoms with Crippen LogP contribution in [0.2, 0.25) is 0 Å². The van der Waals surface area contributed by atoms with Gasteiger partial charge in [0.2, 0.25) is 0 Å². The Balaban J connectivity index is 2.20. The van der Waals surface area contributed by atoms with E-state index in [0.717, 1.165) is 12.4 Å². The fourth-order valence-corrected chi connectivity index (χ4v) is 2.62. The van der Waals surface area contributed by atoms with Crippen LogP contribution < -0.4 is 16.2 Å². The van der Waals surface area contributed by atoms with Gasteiger partial charge in [-0.15, -0.1) is 0 Å². The summed E-state index contributed by atoms with van der Waals surface area (Å²) in [6.07, 6.45) is 6.76. The van der Waals surface area contributed by atoms with Crippen LogP contribution >= 0.6 is 0 Å². The third kappa shape index (κ3) is 3.10. The molecule has 5 heteroatoms. The zero-order valence-electron chi connectivity index (χ0n) is 11.3. The first kappa shape index (κ1) is 13.1. The predicted molar refractivity (Wildman–Crippen MR) is 74.3 cm³/mol. The second kappa shape index (κ2) is 6.00. The second-order valence-electron chi connectivity index (χ2n) is 5.39. The fraction of sp³-hybridized carbons (Fsp3) is 0.692. The van der Waals surface area contributed by atoms with E-state index in [2.05, 4.69) is 34.1 Å². The van der Waals surface area contributed by atoms with E-state index in [1.807, 2.05) is 6.07 Å². The van der Waals surface area contributed by atoms with Crippen LogP contribution in [0.15, 0.2) is 12.4 Å². The van der Waals surface area contributed by atoms with Gasteiger partial charge in [0.1, 0.15) is 18.0 Å². The first-order valence-electron chi connectivity index (χ1n) is 6.76. The number of nitrogens with two attached hydrogens (primary N) is 1. The third-order valence-electron chi connectivity index (χ3n) is 3.42. The summed E-state index contributed by atoms with van der Waals surface area (Å²) in [5.74, 6) is 7.69. The van der Waals surface area contributed by atoms with E-state index in [1.165, 1.54) is 25.7 Å². The van der Waals surface area contributed by atoms with Crippen molar-refractivity contribution in [2.45, 2.75) is 45.6 Å². The number of nitrogens with zero attached hydrogens (tertiary/aromatic N) is 3. The van der Waals surface area contributed by atoms with Gasteiger partial charge in [0.05, 0.1) is 0 Å². The van der Waals surface area contributed by atoms with E-state index in [9.17, 15) is 0 Å². The van der Waals surface area contributed by atoms with Crippen LogP contribution in [0.5, 0.6) is 0 Å². The van der Waals surface area contributed by atoms with Gasteiger partial charge in [-0.05, 0) is 18.8 Å². The lowest BCUT2D eigenvalue weighted by Gasteiger charge is -2.31. The molecule has 0 aliphatic heterocycles. The van der Waals surface area contributed by atoms with E-state index in [4.69, 9.17) is 5.84 Å². The highest BCUT2D eigenvalue weighted by Crippen LogP contribution is 2.28. The van der Waals surface area contributed by atoms with Crippen LogP contribution in [0.4, 0.5) is 11.6 Å². The van der Waals surface area contributed by atoms with Crippen molar-refractivity contribution < 1.29 is 0 Å². The molecular weight excluding hydrogens is 226 g/mol. The van der Waals surface area contributed by atoms with E-state index in [0.29, 0.717) is 17.8 Å². The zero-order chi connectivity index (χ0) is 13.0. The number of nitrogens with one attached hydrogen (secondary N) is 1. The molecule has 0 spiro atoms. The van der Waals surface area contributed by atoms with Crippen molar-refractivity contribution in [3.8, 4) is 0 Å². The number of hydrazine groups is 1. The molecule has 0 aromatic carbocycles. The molecule has 1 aromatic rings. The van der Waals surface area contributed by atoms with Gasteiger partial charge >= 0.3 is 0 Å². The number of anilines is 2. The summed E-state index contributed by atoms with van der Waals surface area (Å²) in [5.41, 5.74) is 2.59. The standard InChI is InChI=1S/C13H23N5/c1-10(2)8-18(11-5-3-4-6-11)13-7-12(17-14)15-9-16-13/h7,9-11H,3-6,8,14H2,1-2H3,(H,15,16,17). The average molecular weight is 249 g/mol. The van der Waals surface area contributed by atoms with Gasteiger partial charge in [-0.2, -0.15) is 0 Å². The predicted octanol–water partition coefficient (Wildman–Crippen LogP) is 2.17. The molecule has 1 heterocycles. The highest BCUT2D eigenvalue weighted by atomic mass is 15.3. The van der Waals surface area contributed by atoms with Crippen LogP contribution in [0, 0.1) is 5.92 Å². The maximum atomic E-state index is 5.41. The van der Waals surface area contributed by atoms with Crippen molar-refractivity contribution in [1.82, 2.24) is 9.97 Å². The summed E-state index contributed by atoms with van der Waals surface area (Å²) < 4.78 is 0. The van der Waals surface area contributed by atoms with Crippen LogP contribution in [-0.2, 0) is 0 Å². The van der Waals surface area contributed by atoms with Gasteiger partial charge in [-0.25, -0.2) is 15.8 Å². The Morgan fingerprint density at radius 3 is 2.72 bits per heavy atom. The molecule has 18 heavy (non-hydrogen) atoms. The lowest BCUT2D eigenvalue weighted by molar-refractivity contribution is 0.531. The van der Waals surface area contributed by atoms with Crippen LogP contribution in [0.3, 0.4) is 0 Å². The quantitative estimate of drug-likeness (QED) is 0.618. The van der Waals surface area contributed by atoms with Crippen molar-refractivity contribution in [2.24, 2.45) is 11.8 Å². The van der Waals surface area contributed by atoms with Gasteiger partial charge in [-0.3, -0.25) is 0 Å². The summed E-state index contributed by atoms with van der Waals surface area (Å²) in [5, 5.41) is 0. The molecule has 3 N–H and O–H groups in total. The van der Waals surface area contributed by atoms with Crippen molar-refractivity contribution in [1.29, 1.82) is 0 Å². The normalized spacial score (nSPS) is 16.2. The first-order valence-corrected chi connectivity index (χ1v) is 6.76. The zero-order valence-corrected chi connectivity index (χ0v) is 11.3. The van der Waals surface area contributed by atoms with Gasteiger partial charge in [0, 0.05) is 18.7 Å². The van der Waals surface area contributed by atoms with Gasteiger partial charge in [0.15, 0.2) is 0 Å². The fourth-order valence-electron chi connectivity index (χ4n) is 2.62. The largest absolute Gasteiger partial charge is 0.353 e. The van der Waals surface area contributed by atoms with E-state index in [1.54, 1.807) is 6.33 Å². The maximum Gasteiger partial charge on any atom is 0.145 e. The van der Waals surface area contributed by atoms with Gasteiger partial charge in [-0.1, -0.05) is 26.7 Å². The Bertz CT molecular complexity index is 373. The molecule has 0 atom stereocenters. The van der Waals surface area contributed by atoms with Crippen LogP contribution in [0.25, 0.3) is 0 Å². The molecule has 1 aliphatic carbocycles. The summed E-state index contributed by atoms with van der Waals surface area (Å²) in [6.45, 7) is 5.52. The molecular formula is C13H23N5. The minimum absolute atomic E-state index is 0.618. The SMILES string of the molecule is CC(C)CN(c1cc(NN)ncn1)C1CCCC1. The summed E-state index contributed by atoms with van der Waals surface area (Å²) in [6, 6.07) is 2.55. The summed E-state index contributed by atoms with van der Waals surface area (Å²) in [4.78, 5) is 10.9. The minimum atomic E-state index is 0.618. The maximum absolute atomic E-state index is 5.41. The molecule has 0 bridgehead atoms. The van der Waals surface area contributed by atoms with Crippen molar-refractivity contribution in [3.05, 3.63) is 12.4 Å². The smallest absolute Gasteiger partial charge is 0.145 e. The number of hydrogen-bond acceptors (Lipinski definition) is 5. The number of nitrogen functional groups attached to an aromatic ring is 1. The van der Waals surface area contributed by atoms with Crippen molar-refractivity contribution >= 4 is 11.6 Å². The second-order valence-corrected chi connectivity index (χ2v) is 5.39.